The van der Waals surface area contributed by atoms with Crippen LogP contribution in [0.1, 0.15) is 19.0 Å². The lowest BCUT2D eigenvalue weighted by atomic mass is 10.4. The van der Waals surface area contributed by atoms with Crippen LogP contribution in [0, 0.1) is 6.92 Å². The van der Waals surface area contributed by atoms with E-state index in [0.29, 0.717) is 23.1 Å². The van der Waals surface area contributed by atoms with E-state index in [1.54, 1.807) is 6.07 Å². The Labute approximate surface area is 106 Å². The second kappa shape index (κ2) is 6.20. The monoisotopic (exact) mass is 275 g/mol. The SMILES string of the molecule is CCCS(=O)(=O)CCSc1nc(C)cc(N)n1. The average Bonchev–Trinajstić information content (AvgIpc) is 2.15. The normalized spacial score (nSPS) is 11.6. The van der Waals surface area contributed by atoms with Crippen LogP contribution in [0.4, 0.5) is 5.82 Å². The van der Waals surface area contributed by atoms with Crippen molar-refractivity contribution in [2.75, 3.05) is 23.0 Å². The van der Waals surface area contributed by atoms with Gasteiger partial charge in [-0.05, 0) is 13.3 Å². The van der Waals surface area contributed by atoms with Gasteiger partial charge in [0, 0.05) is 23.3 Å². The van der Waals surface area contributed by atoms with E-state index >= 15 is 0 Å². The Balaban J connectivity index is 2.51. The van der Waals surface area contributed by atoms with Crippen LogP contribution in [0.3, 0.4) is 0 Å². The standard InChI is InChI=1S/C10H17N3O2S2/c1-3-5-17(14,15)6-4-16-10-12-8(2)7-9(11)13-10/h7H,3-6H2,1-2H3,(H2,11,12,13). The number of nitrogens with zero attached hydrogens (tertiary/aromatic N) is 2. The number of nitrogens with two attached hydrogens (primary N) is 1. The third-order valence-corrected chi connectivity index (χ3v) is 4.96. The number of thioether (sulfide) groups is 1. The zero-order valence-corrected chi connectivity index (χ0v) is 11.6. The van der Waals surface area contributed by atoms with Crippen LogP contribution in [0.25, 0.3) is 0 Å². The van der Waals surface area contributed by atoms with Crippen LogP contribution in [0.5, 0.6) is 0 Å². The number of aryl methyl sites for hydroxylation is 1. The summed E-state index contributed by atoms with van der Waals surface area (Å²) in [6.07, 6.45) is 0.654. The summed E-state index contributed by atoms with van der Waals surface area (Å²) in [7, 11) is -2.93. The minimum absolute atomic E-state index is 0.155. The van der Waals surface area contributed by atoms with Crippen LogP contribution >= 0.6 is 11.8 Å². The first-order valence-electron chi connectivity index (χ1n) is 5.37. The minimum atomic E-state index is -2.93. The molecule has 1 rings (SSSR count). The van der Waals surface area contributed by atoms with Gasteiger partial charge < -0.3 is 5.73 Å². The van der Waals surface area contributed by atoms with Crippen molar-refractivity contribution in [3.8, 4) is 0 Å². The Bertz CT molecular complexity index is 454. The molecule has 96 valence electrons. The third-order valence-electron chi connectivity index (χ3n) is 1.99. The molecular formula is C10H17N3O2S2. The van der Waals surface area contributed by atoms with Crippen molar-refractivity contribution < 1.29 is 8.42 Å². The fourth-order valence-electron chi connectivity index (χ4n) is 1.30. The van der Waals surface area contributed by atoms with E-state index in [1.807, 2.05) is 13.8 Å². The predicted molar refractivity (Wildman–Crippen MR) is 70.9 cm³/mol. The predicted octanol–water partition coefficient (Wildman–Crippen LogP) is 1.28. The Hall–Kier alpha value is -0.820. The summed E-state index contributed by atoms with van der Waals surface area (Å²) in [5.41, 5.74) is 6.37. The summed E-state index contributed by atoms with van der Waals surface area (Å²) < 4.78 is 23.0. The molecule has 1 aromatic heterocycles. The Morgan fingerprint density at radius 1 is 1.35 bits per heavy atom. The van der Waals surface area contributed by atoms with Crippen LogP contribution in [-0.4, -0.2) is 35.6 Å². The Kier molecular flexibility index (Phi) is 5.20. The zero-order chi connectivity index (χ0) is 12.9. The lowest BCUT2D eigenvalue weighted by Crippen LogP contribution is -2.12. The van der Waals surface area contributed by atoms with Crippen molar-refractivity contribution in [2.24, 2.45) is 0 Å². The molecule has 0 amide bonds. The maximum absolute atomic E-state index is 11.5. The van der Waals surface area contributed by atoms with Crippen LogP contribution in [-0.2, 0) is 9.84 Å². The van der Waals surface area contributed by atoms with Crippen LogP contribution < -0.4 is 5.73 Å². The molecule has 0 aliphatic heterocycles. The summed E-state index contributed by atoms with van der Waals surface area (Å²) in [6.45, 7) is 3.69. The fourth-order valence-corrected chi connectivity index (χ4v) is 4.04. The summed E-state index contributed by atoms with van der Waals surface area (Å²) in [6, 6.07) is 1.68. The lowest BCUT2D eigenvalue weighted by Gasteiger charge is -2.03. The quantitative estimate of drug-likeness (QED) is 0.622. The molecule has 0 bridgehead atoms. The van der Waals surface area contributed by atoms with Crippen LogP contribution in [0.15, 0.2) is 11.2 Å². The molecular weight excluding hydrogens is 258 g/mol. The maximum atomic E-state index is 11.5. The summed E-state index contributed by atoms with van der Waals surface area (Å²) in [5.74, 6) is 1.27. The van der Waals surface area contributed by atoms with Gasteiger partial charge in [0.15, 0.2) is 15.0 Å². The van der Waals surface area contributed by atoms with E-state index in [4.69, 9.17) is 5.73 Å². The highest BCUT2D eigenvalue weighted by Gasteiger charge is 2.10. The van der Waals surface area contributed by atoms with Crippen molar-refractivity contribution in [2.45, 2.75) is 25.4 Å². The number of sulfone groups is 1. The van der Waals surface area contributed by atoms with Gasteiger partial charge in [-0.2, -0.15) is 0 Å². The molecule has 0 radical (unpaired) electrons. The van der Waals surface area contributed by atoms with Crippen molar-refractivity contribution in [3.05, 3.63) is 11.8 Å². The molecule has 17 heavy (non-hydrogen) atoms. The van der Waals surface area contributed by atoms with Gasteiger partial charge in [0.1, 0.15) is 5.82 Å². The van der Waals surface area contributed by atoms with Crippen molar-refractivity contribution in [1.29, 1.82) is 0 Å². The maximum Gasteiger partial charge on any atom is 0.189 e. The van der Waals surface area contributed by atoms with E-state index < -0.39 is 9.84 Å². The third kappa shape index (κ3) is 5.36. The molecule has 0 saturated heterocycles. The molecule has 0 unspecified atom stereocenters. The number of hydrogen-bond acceptors (Lipinski definition) is 6. The number of aromatic nitrogens is 2. The summed E-state index contributed by atoms with van der Waals surface area (Å²) in [4.78, 5) is 8.21. The van der Waals surface area contributed by atoms with Gasteiger partial charge >= 0.3 is 0 Å². The van der Waals surface area contributed by atoms with Gasteiger partial charge in [-0.15, -0.1) is 0 Å². The first-order chi connectivity index (χ1) is 7.93. The topological polar surface area (TPSA) is 85.9 Å². The Morgan fingerprint density at radius 3 is 2.65 bits per heavy atom. The van der Waals surface area contributed by atoms with Crippen molar-refractivity contribution >= 4 is 27.4 Å². The second-order valence-electron chi connectivity index (χ2n) is 3.72. The molecule has 0 spiro atoms. The molecule has 0 aromatic carbocycles. The molecule has 0 aliphatic rings. The average molecular weight is 275 g/mol. The minimum Gasteiger partial charge on any atom is -0.384 e. The van der Waals surface area contributed by atoms with Crippen molar-refractivity contribution in [1.82, 2.24) is 9.97 Å². The lowest BCUT2D eigenvalue weighted by molar-refractivity contribution is 0.596. The van der Waals surface area contributed by atoms with Gasteiger partial charge in [-0.25, -0.2) is 18.4 Å². The Morgan fingerprint density at radius 2 is 2.06 bits per heavy atom. The summed E-state index contributed by atoms with van der Waals surface area (Å²) >= 11 is 1.32. The molecule has 1 aromatic rings. The summed E-state index contributed by atoms with van der Waals surface area (Å²) in [5, 5.41) is 0.536. The first kappa shape index (κ1) is 14.2. The highest BCUT2D eigenvalue weighted by molar-refractivity contribution is 8.00. The number of hydrogen-bond donors (Lipinski definition) is 1. The van der Waals surface area contributed by atoms with Gasteiger partial charge in [-0.1, -0.05) is 18.7 Å². The van der Waals surface area contributed by atoms with Gasteiger partial charge in [0.25, 0.3) is 0 Å². The van der Waals surface area contributed by atoms with Gasteiger partial charge in [-0.3, -0.25) is 0 Å². The van der Waals surface area contributed by atoms with E-state index in [1.165, 1.54) is 11.8 Å². The number of anilines is 1. The molecule has 5 nitrogen and oxygen atoms in total. The van der Waals surface area contributed by atoms with E-state index in [2.05, 4.69) is 9.97 Å². The fraction of sp³-hybridized carbons (Fsp3) is 0.600. The molecule has 0 aliphatic carbocycles. The van der Waals surface area contributed by atoms with E-state index in [9.17, 15) is 8.42 Å². The second-order valence-corrected chi connectivity index (χ2v) is 7.08. The molecule has 7 heteroatoms. The largest absolute Gasteiger partial charge is 0.384 e. The zero-order valence-electron chi connectivity index (χ0n) is 10.0. The van der Waals surface area contributed by atoms with Gasteiger partial charge in [0.2, 0.25) is 0 Å². The highest BCUT2D eigenvalue weighted by Crippen LogP contribution is 2.15. The molecule has 0 atom stereocenters. The molecule has 0 saturated carbocycles. The smallest absolute Gasteiger partial charge is 0.189 e. The molecule has 0 fully saturated rings. The number of nitrogen functional groups attached to an aromatic ring is 1. The first-order valence-corrected chi connectivity index (χ1v) is 8.18. The van der Waals surface area contributed by atoms with E-state index in [0.717, 1.165) is 5.69 Å². The van der Waals surface area contributed by atoms with Crippen molar-refractivity contribution in [3.63, 3.8) is 0 Å². The van der Waals surface area contributed by atoms with Crippen LogP contribution in [0.2, 0.25) is 0 Å². The molecule has 1 heterocycles. The van der Waals surface area contributed by atoms with Gasteiger partial charge in [0.05, 0.1) is 5.75 Å². The molecule has 2 N–H and O–H groups in total. The highest BCUT2D eigenvalue weighted by atomic mass is 32.2. The number of rotatable bonds is 6. The van der Waals surface area contributed by atoms with E-state index in [-0.39, 0.29) is 11.5 Å².